The molecule has 5 rings (SSSR count). The van der Waals surface area contributed by atoms with E-state index < -0.39 is 0 Å². The first-order chi connectivity index (χ1) is 17.0. The van der Waals surface area contributed by atoms with Gasteiger partial charge in [-0.3, -0.25) is 14.6 Å². The number of carbonyl (C=O) groups is 2. The number of fused-ring (bicyclic) bond motifs is 1. The Morgan fingerprint density at radius 1 is 0.800 bits per heavy atom. The topological polar surface area (TPSA) is 90.6 Å². The number of benzene rings is 2. The highest BCUT2D eigenvalue weighted by molar-refractivity contribution is 6.13. The smallest absolute Gasteiger partial charge is 0.201 e. The maximum Gasteiger partial charge on any atom is 0.201 e. The third kappa shape index (κ3) is 5.19. The summed E-state index contributed by atoms with van der Waals surface area (Å²) < 4.78 is 1.76. The van der Waals surface area contributed by atoms with Gasteiger partial charge in [-0.15, -0.1) is 5.10 Å². The Bertz CT molecular complexity index is 1530. The molecule has 0 fully saturated rings. The van der Waals surface area contributed by atoms with Gasteiger partial charge in [0.05, 0.1) is 13.0 Å². The highest BCUT2D eigenvalue weighted by atomic mass is 16.1. The third-order valence-corrected chi connectivity index (χ3v) is 5.77. The Hall–Kier alpha value is -4.52. The van der Waals surface area contributed by atoms with Gasteiger partial charge in [0.15, 0.2) is 11.6 Å². The monoisotopic (exact) mass is 461 g/mol. The number of hydrogen-bond acceptors (Lipinski definition) is 6. The van der Waals surface area contributed by atoms with Crippen molar-refractivity contribution in [2.45, 2.75) is 26.3 Å². The molecule has 0 atom stereocenters. The number of aromatic nitrogens is 5. The molecule has 7 nitrogen and oxygen atoms in total. The van der Waals surface area contributed by atoms with E-state index in [-0.39, 0.29) is 18.0 Å². The van der Waals surface area contributed by atoms with Crippen molar-refractivity contribution in [3.05, 3.63) is 119 Å². The average molecular weight is 462 g/mol. The van der Waals surface area contributed by atoms with E-state index in [1.807, 2.05) is 55.5 Å². The molecule has 172 valence electrons. The van der Waals surface area contributed by atoms with Crippen molar-refractivity contribution in [3.63, 3.8) is 0 Å². The van der Waals surface area contributed by atoms with Crippen LogP contribution < -0.4 is 0 Å². The molecule has 3 heterocycles. The van der Waals surface area contributed by atoms with E-state index in [1.54, 1.807) is 23.1 Å². The van der Waals surface area contributed by atoms with Crippen molar-refractivity contribution in [2.75, 3.05) is 0 Å². The minimum atomic E-state index is -0.290. The molecule has 0 amide bonds. The van der Waals surface area contributed by atoms with Gasteiger partial charge in [0.1, 0.15) is 11.2 Å². The normalized spacial score (nSPS) is 11.0. The first-order valence-electron chi connectivity index (χ1n) is 11.4. The number of hydrogen-bond donors (Lipinski definition) is 0. The minimum Gasteiger partial charge on any atom is -0.294 e. The maximum atomic E-state index is 13.2. The van der Waals surface area contributed by atoms with E-state index in [0.717, 1.165) is 27.8 Å². The number of aryl methyl sites for hydroxylation is 1. The molecule has 0 saturated carbocycles. The van der Waals surface area contributed by atoms with Crippen molar-refractivity contribution >= 4 is 22.7 Å². The fourth-order valence-electron chi connectivity index (χ4n) is 4.08. The molecular weight excluding hydrogens is 438 g/mol. The number of nitrogens with zero attached hydrogens (tertiary/aromatic N) is 5. The molecule has 0 bridgehead atoms. The molecular formula is C28H23N5O2. The van der Waals surface area contributed by atoms with Gasteiger partial charge in [-0.05, 0) is 72.0 Å². The van der Waals surface area contributed by atoms with Crippen LogP contribution in [0.5, 0.6) is 0 Å². The number of Topliss-reactive ketones (excluding diaryl/α,β-unsaturated/α-hetero) is 2. The molecule has 7 heteroatoms. The second-order valence-electron chi connectivity index (χ2n) is 8.54. The zero-order valence-corrected chi connectivity index (χ0v) is 19.3. The van der Waals surface area contributed by atoms with Crippen LogP contribution in [0.4, 0.5) is 0 Å². The second-order valence-corrected chi connectivity index (χ2v) is 8.54. The third-order valence-electron chi connectivity index (χ3n) is 5.77. The van der Waals surface area contributed by atoms with E-state index in [1.165, 1.54) is 0 Å². The summed E-state index contributed by atoms with van der Waals surface area (Å²) in [6.07, 6.45) is 3.70. The van der Waals surface area contributed by atoms with Crippen LogP contribution in [-0.4, -0.2) is 36.5 Å². The van der Waals surface area contributed by atoms with E-state index in [0.29, 0.717) is 29.9 Å². The zero-order valence-electron chi connectivity index (χ0n) is 19.3. The molecule has 5 aromatic rings. The highest BCUT2D eigenvalue weighted by Gasteiger charge is 2.17. The lowest BCUT2D eigenvalue weighted by molar-refractivity contribution is 0.0891. The van der Waals surface area contributed by atoms with Crippen molar-refractivity contribution in [1.29, 1.82) is 0 Å². The molecule has 35 heavy (non-hydrogen) atoms. The van der Waals surface area contributed by atoms with Crippen LogP contribution in [-0.2, 0) is 13.0 Å². The van der Waals surface area contributed by atoms with Crippen LogP contribution >= 0.6 is 0 Å². The van der Waals surface area contributed by atoms with E-state index in [9.17, 15) is 9.59 Å². The van der Waals surface area contributed by atoms with Crippen molar-refractivity contribution in [1.82, 2.24) is 25.0 Å². The van der Waals surface area contributed by atoms with Crippen LogP contribution in [0, 0.1) is 6.92 Å². The van der Waals surface area contributed by atoms with Gasteiger partial charge in [0, 0.05) is 18.0 Å². The summed E-state index contributed by atoms with van der Waals surface area (Å²) >= 11 is 0. The quantitative estimate of drug-likeness (QED) is 0.247. The Balaban J connectivity index is 1.46. The van der Waals surface area contributed by atoms with Gasteiger partial charge in [0.2, 0.25) is 5.65 Å². The van der Waals surface area contributed by atoms with Crippen LogP contribution in [0.25, 0.3) is 11.2 Å². The van der Waals surface area contributed by atoms with Gasteiger partial charge in [0.25, 0.3) is 0 Å². The molecule has 3 aromatic heterocycles. The SMILES string of the molecule is Cc1ccnc(C(=O)CC(=O)c2cc(Cc3ccccc3)cc(Cn3nnc4ncccc43)c2)c1. The summed E-state index contributed by atoms with van der Waals surface area (Å²) in [7, 11) is 0. The Morgan fingerprint density at radius 3 is 2.46 bits per heavy atom. The number of ketones is 2. The molecule has 2 aromatic carbocycles. The zero-order chi connectivity index (χ0) is 24.2. The Labute approximate surface area is 202 Å². The van der Waals surface area contributed by atoms with Crippen molar-refractivity contribution in [3.8, 4) is 0 Å². The number of rotatable bonds is 8. The summed E-state index contributed by atoms with van der Waals surface area (Å²) in [5.41, 5.74) is 6.14. The van der Waals surface area contributed by atoms with E-state index >= 15 is 0 Å². The predicted molar refractivity (Wildman–Crippen MR) is 132 cm³/mol. The summed E-state index contributed by atoms with van der Waals surface area (Å²) in [5.74, 6) is -0.526. The molecule has 0 radical (unpaired) electrons. The lowest BCUT2D eigenvalue weighted by Gasteiger charge is -2.11. The molecule has 0 aliphatic heterocycles. The molecule has 0 aliphatic carbocycles. The van der Waals surface area contributed by atoms with E-state index in [4.69, 9.17) is 0 Å². The first-order valence-corrected chi connectivity index (χ1v) is 11.4. The fraction of sp³-hybridized carbons (Fsp3) is 0.143. The Kier molecular flexibility index (Phi) is 6.22. The van der Waals surface area contributed by atoms with Crippen molar-refractivity contribution in [2.24, 2.45) is 0 Å². The minimum absolute atomic E-state index is 0.235. The summed E-state index contributed by atoms with van der Waals surface area (Å²) in [6.45, 7) is 2.32. The molecule has 0 unspecified atom stereocenters. The van der Waals surface area contributed by atoms with Crippen LogP contribution in [0.1, 0.15) is 49.5 Å². The van der Waals surface area contributed by atoms with Crippen LogP contribution in [0.3, 0.4) is 0 Å². The summed E-state index contributed by atoms with van der Waals surface area (Å²) in [5, 5.41) is 8.36. The van der Waals surface area contributed by atoms with Crippen LogP contribution in [0.15, 0.2) is 85.2 Å². The summed E-state index contributed by atoms with van der Waals surface area (Å²) in [6, 6.07) is 23.1. The van der Waals surface area contributed by atoms with Gasteiger partial charge in [-0.1, -0.05) is 41.6 Å². The Morgan fingerprint density at radius 2 is 1.63 bits per heavy atom. The largest absolute Gasteiger partial charge is 0.294 e. The first kappa shape index (κ1) is 22.3. The lowest BCUT2D eigenvalue weighted by atomic mass is 9.96. The molecule has 0 saturated heterocycles. The second kappa shape index (κ2) is 9.77. The lowest BCUT2D eigenvalue weighted by Crippen LogP contribution is -2.12. The maximum absolute atomic E-state index is 13.2. The fourth-order valence-corrected chi connectivity index (χ4v) is 4.08. The van der Waals surface area contributed by atoms with Gasteiger partial charge in [-0.2, -0.15) is 0 Å². The standard InChI is InChI=1S/C28H23N5O2/c1-19-9-11-29-24(12-19)27(35)17-26(34)23-15-21(13-20-6-3-2-4-7-20)14-22(16-23)18-33-25-8-5-10-30-28(25)31-32-33/h2-12,14-16H,13,17-18H2,1H3. The highest BCUT2D eigenvalue weighted by Crippen LogP contribution is 2.19. The van der Waals surface area contributed by atoms with Gasteiger partial charge < -0.3 is 0 Å². The summed E-state index contributed by atoms with van der Waals surface area (Å²) in [4.78, 5) is 34.3. The predicted octanol–water partition coefficient (Wildman–Crippen LogP) is 4.62. The molecule has 0 spiro atoms. The van der Waals surface area contributed by atoms with Crippen molar-refractivity contribution < 1.29 is 9.59 Å². The van der Waals surface area contributed by atoms with E-state index in [2.05, 4.69) is 38.5 Å². The van der Waals surface area contributed by atoms with Crippen LogP contribution in [0.2, 0.25) is 0 Å². The van der Waals surface area contributed by atoms with Gasteiger partial charge >= 0.3 is 0 Å². The molecule has 0 aliphatic rings. The van der Waals surface area contributed by atoms with Gasteiger partial charge in [-0.25, -0.2) is 9.67 Å². The average Bonchev–Trinajstić information content (AvgIpc) is 3.27. The molecule has 0 N–H and O–H groups in total. The number of carbonyl (C=O) groups excluding carboxylic acids is 2. The number of pyridine rings is 2.